The van der Waals surface area contributed by atoms with E-state index in [2.05, 4.69) is 21.2 Å². The molecule has 2 aromatic rings. The first-order valence-electron chi connectivity index (χ1n) is 9.43. The van der Waals surface area contributed by atoms with E-state index >= 15 is 0 Å². The summed E-state index contributed by atoms with van der Waals surface area (Å²) in [6.07, 6.45) is 1.03. The Morgan fingerprint density at radius 1 is 1.16 bits per heavy atom. The minimum atomic E-state index is -3.80. The van der Waals surface area contributed by atoms with Gasteiger partial charge in [-0.1, -0.05) is 45.7 Å². The highest BCUT2D eigenvalue weighted by atomic mass is 79.9. The highest BCUT2D eigenvalue weighted by Crippen LogP contribution is 2.26. The first-order chi connectivity index (χ1) is 14.4. The van der Waals surface area contributed by atoms with Crippen molar-refractivity contribution in [3.8, 4) is 0 Å². The first-order valence-corrected chi connectivity index (χ1v) is 12.5. The van der Waals surface area contributed by atoms with Gasteiger partial charge in [-0.2, -0.15) is 0 Å². The Balaban J connectivity index is 2.42. The molecule has 1 N–H and O–H groups in total. The molecule has 168 valence electrons. The van der Waals surface area contributed by atoms with E-state index in [-0.39, 0.29) is 12.5 Å². The van der Waals surface area contributed by atoms with Gasteiger partial charge in [0, 0.05) is 23.1 Å². The summed E-state index contributed by atoms with van der Waals surface area (Å²) < 4.78 is 27.0. The maximum absolute atomic E-state index is 13.3. The molecule has 0 radical (unpaired) electrons. The number of hydrogen-bond acceptors (Lipinski definition) is 4. The second kappa shape index (κ2) is 10.5. The van der Waals surface area contributed by atoms with E-state index < -0.39 is 28.5 Å². The highest BCUT2D eigenvalue weighted by molar-refractivity contribution is 9.10. The monoisotopic (exact) mass is 529 g/mol. The molecule has 2 aromatic carbocycles. The SMILES string of the molecule is CNC(=O)[C@H](C)N(Cc1ccc(Br)cc1)C(=O)CN(c1cc(Cl)ccc1C)S(C)(=O)=O. The lowest BCUT2D eigenvalue weighted by Crippen LogP contribution is -2.50. The Bertz CT molecular complexity index is 1060. The number of rotatable bonds is 8. The lowest BCUT2D eigenvalue weighted by Gasteiger charge is -2.31. The van der Waals surface area contributed by atoms with Gasteiger partial charge >= 0.3 is 0 Å². The van der Waals surface area contributed by atoms with Gasteiger partial charge in [-0.25, -0.2) is 8.42 Å². The maximum Gasteiger partial charge on any atom is 0.244 e. The molecule has 0 bridgehead atoms. The van der Waals surface area contributed by atoms with Crippen LogP contribution in [0.1, 0.15) is 18.1 Å². The van der Waals surface area contributed by atoms with Crippen molar-refractivity contribution in [2.75, 3.05) is 24.2 Å². The lowest BCUT2D eigenvalue weighted by atomic mass is 10.1. The van der Waals surface area contributed by atoms with E-state index in [1.807, 2.05) is 24.3 Å². The summed E-state index contributed by atoms with van der Waals surface area (Å²) in [5, 5.41) is 2.89. The molecule has 10 heteroatoms. The Morgan fingerprint density at radius 2 is 1.77 bits per heavy atom. The van der Waals surface area contributed by atoms with E-state index in [4.69, 9.17) is 11.6 Å². The Hall–Kier alpha value is -2.10. The molecule has 0 aliphatic rings. The number of sulfonamides is 1. The number of carbonyl (C=O) groups excluding carboxylic acids is 2. The van der Waals surface area contributed by atoms with Crippen LogP contribution in [0.25, 0.3) is 0 Å². The van der Waals surface area contributed by atoms with Crippen LogP contribution < -0.4 is 9.62 Å². The molecule has 31 heavy (non-hydrogen) atoms. The van der Waals surface area contributed by atoms with E-state index in [1.165, 1.54) is 18.0 Å². The molecule has 0 unspecified atom stereocenters. The van der Waals surface area contributed by atoms with Crippen LogP contribution in [0.4, 0.5) is 5.69 Å². The van der Waals surface area contributed by atoms with Gasteiger partial charge in [-0.05, 0) is 49.2 Å². The number of nitrogens with one attached hydrogen (secondary N) is 1. The molecule has 2 amide bonds. The maximum atomic E-state index is 13.3. The van der Waals surface area contributed by atoms with Crippen molar-refractivity contribution in [2.45, 2.75) is 26.4 Å². The van der Waals surface area contributed by atoms with E-state index in [9.17, 15) is 18.0 Å². The lowest BCUT2D eigenvalue weighted by molar-refractivity contribution is -0.139. The molecular weight excluding hydrogens is 506 g/mol. The van der Waals surface area contributed by atoms with Crippen molar-refractivity contribution in [1.29, 1.82) is 0 Å². The second-order valence-electron chi connectivity index (χ2n) is 7.14. The van der Waals surface area contributed by atoms with Gasteiger partial charge < -0.3 is 10.2 Å². The van der Waals surface area contributed by atoms with Crippen LogP contribution in [0.3, 0.4) is 0 Å². The first kappa shape index (κ1) is 25.2. The summed E-state index contributed by atoms with van der Waals surface area (Å²) in [4.78, 5) is 27.0. The zero-order chi connectivity index (χ0) is 23.3. The fourth-order valence-corrected chi connectivity index (χ4v) is 4.35. The molecule has 2 rings (SSSR count). The zero-order valence-corrected chi connectivity index (χ0v) is 20.9. The van der Waals surface area contributed by atoms with Crippen LogP contribution in [-0.2, 0) is 26.2 Å². The van der Waals surface area contributed by atoms with Crippen molar-refractivity contribution < 1.29 is 18.0 Å². The molecule has 0 aromatic heterocycles. The third kappa shape index (κ3) is 6.69. The van der Waals surface area contributed by atoms with E-state index in [0.717, 1.165) is 20.6 Å². The van der Waals surface area contributed by atoms with Gasteiger partial charge in [-0.3, -0.25) is 13.9 Å². The average molecular weight is 531 g/mol. The number of benzene rings is 2. The van der Waals surface area contributed by atoms with E-state index in [0.29, 0.717) is 16.3 Å². The number of anilines is 1. The zero-order valence-electron chi connectivity index (χ0n) is 17.7. The highest BCUT2D eigenvalue weighted by Gasteiger charge is 2.30. The van der Waals surface area contributed by atoms with Crippen LogP contribution in [0, 0.1) is 6.92 Å². The molecule has 0 saturated heterocycles. The summed E-state index contributed by atoms with van der Waals surface area (Å²) in [5.74, 6) is -0.862. The topological polar surface area (TPSA) is 86.8 Å². The van der Waals surface area contributed by atoms with Crippen molar-refractivity contribution in [2.24, 2.45) is 0 Å². The van der Waals surface area contributed by atoms with Crippen molar-refractivity contribution in [3.05, 3.63) is 63.1 Å². The average Bonchev–Trinajstić information content (AvgIpc) is 2.71. The minimum Gasteiger partial charge on any atom is -0.357 e. The van der Waals surface area contributed by atoms with Crippen molar-refractivity contribution in [1.82, 2.24) is 10.2 Å². The Kier molecular flexibility index (Phi) is 8.50. The third-order valence-electron chi connectivity index (χ3n) is 4.80. The number of hydrogen-bond donors (Lipinski definition) is 1. The van der Waals surface area contributed by atoms with E-state index in [1.54, 1.807) is 26.0 Å². The number of aryl methyl sites for hydroxylation is 1. The smallest absolute Gasteiger partial charge is 0.244 e. The van der Waals surface area contributed by atoms with Crippen LogP contribution in [0.5, 0.6) is 0 Å². The summed E-state index contributed by atoms with van der Waals surface area (Å²) in [7, 11) is -2.31. The number of halogens is 2. The van der Waals surface area contributed by atoms with Gasteiger partial charge in [0.25, 0.3) is 0 Å². The summed E-state index contributed by atoms with van der Waals surface area (Å²) >= 11 is 9.44. The standard InChI is InChI=1S/C21H25BrClN3O4S/c1-14-5-10-18(23)11-19(14)26(31(4,29)30)13-20(27)25(15(2)21(28)24-3)12-16-6-8-17(22)9-7-16/h5-11,15H,12-13H2,1-4H3,(H,24,28)/t15-/m0/s1. The quantitative estimate of drug-likeness (QED) is 0.567. The van der Waals surface area contributed by atoms with Gasteiger partial charge in [0.1, 0.15) is 12.6 Å². The predicted molar refractivity (Wildman–Crippen MR) is 127 cm³/mol. The van der Waals surface area contributed by atoms with Gasteiger partial charge in [0.05, 0.1) is 11.9 Å². The molecular formula is C21H25BrClN3O4S. The fourth-order valence-electron chi connectivity index (χ4n) is 3.02. The normalized spacial score (nSPS) is 12.2. The predicted octanol–water partition coefficient (Wildman–Crippen LogP) is 3.34. The fraction of sp³-hybridized carbons (Fsp3) is 0.333. The molecule has 1 atom stereocenters. The Labute approximate surface area is 196 Å². The molecule has 0 spiro atoms. The number of likely N-dealkylation sites (N-methyl/N-ethyl adjacent to an activating group) is 1. The molecule has 0 aliphatic carbocycles. The van der Waals surface area contributed by atoms with Crippen LogP contribution in [-0.4, -0.2) is 51.0 Å². The summed E-state index contributed by atoms with van der Waals surface area (Å²) in [6.45, 7) is 3.02. The van der Waals surface area contributed by atoms with Crippen LogP contribution in [0.15, 0.2) is 46.9 Å². The van der Waals surface area contributed by atoms with Crippen LogP contribution in [0.2, 0.25) is 5.02 Å². The number of carbonyl (C=O) groups is 2. The molecule has 0 aliphatic heterocycles. The van der Waals surface area contributed by atoms with Crippen LogP contribution >= 0.6 is 27.5 Å². The van der Waals surface area contributed by atoms with Crippen molar-refractivity contribution in [3.63, 3.8) is 0 Å². The van der Waals surface area contributed by atoms with Crippen molar-refractivity contribution >= 4 is 55.1 Å². The third-order valence-corrected chi connectivity index (χ3v) is 6.69. The van der Waals surface area contributed by atoms with Gasteiger partial charge in [0.15, 0.2) is 0 Å². The largest absolute Gasteiger partial charge is 0.357 e. The minimum absolute atomic E-state index is 0.146. The van der Waals surface area contributed by atoms with Gasteiger partial charge in [0.2, 0.25) is 21.8 Å². The second-order valence-corrected chi connectivity index (χ2v) is 10.4. The summed E-state index contributed by atoms with van der Waals surface area (Å²) in [5.41, 5.74) is 1.78. The Morgan fingerprint density at radius 3 is 2.32 bits per heavy atom. The van der Waals surface area contributed by atoms with Gasteiger partial charge in [-0.15, -0.1) is 0 Å². The molecule has 0 saturated carbocycles. The number of nitrogens with zero attached hydrogens (tertiary/aromatic N) is 2. The number of amides is 2. The molecule has 0 heterocycles. The molecule has 0 fully saturated rings. The molecule has 7 nitrogen and oxygen atoms in total. The summed E-state index contributed by atoms with van der Waals surface area (Å²) in [6, 6.07) is 11.4.